The van der Waals surface area contributed by atoms with Crippen LogP contribution < -0.4 is 0 Å². The van der Waals surface area contributed by atoms with E-state index in [0.29, 0.717) is 37.5 Å². The van der Waals surface area contributed by atoms with Crippen LogP contribution in [0, 0.1) is 50.4 Å². The number of rotatable bonds is 16. The molecule has 0 heterocycles. The van der Waals surface area contributed by atoms with E-state index in [1.807, 2.05) is 0 Å². The molecule has 99 heavy (non-hydrogen) atoms. The number of allylic oxidation sites excluding steroid dienone is 2. The zero-order valence-electron chi connectivity index (χ0n) is 65.2. The molecule has 9 heteroatoms. The molecule has 12 rings (SSSR count). The molecule has 0 aromatic heterocycles. The Bertz CT molecular complexity index is 3420. The van der Waals surface area contributed by atoms with E-state index in [1.54, 1.807) is 11.1 Å². The van der Waals surface area contributed by atoms with E-state index in [9.17, 15) is 0 Å². The third-order valence-corrected chi connectivity index (χ3v) is 33.4. The molecule has 0 radical (unpaired) electrons. The topological polar surface area (TPSA) is 36.9 Å². The first-order valence-electron chi connectivity index (χ1n) is 37.2. The predicted molar refractivity (Wildman–Crippen MR) is 429 cm³/mol. The molecule has 4 nitrogen and oxygen atoms in total. The van der Waals surface area contributed by atoms with Crippen molar-refractivity contribution >= 4 is 45.3 Å². The fourth-order valence-corrected chi connectivity index (χ4v) is 31.7. The Morgan fingerprint density at radius 2 is 0.697 bits per heavy atom. The summed E-state index contributed by atoms with van der Waals surface area (Å²) >= 11 is -0.826. The van der Waals surface area contributed by atoms with Crippen LogP contribution in [-0.2, 0) is 66.2 Å². The second-order valence-corrected chi connectivity index (χ2v) is 49.2. The van der Waals surface area contributed by atoms with Gasteiger partial charge in [-0.15, -0.1) is 0 Å². The first-order chi connectivity index (χ1) is 45.7. The van der Waals surface area contributed by atoms with E-state index in [1.165, 1.54) is 129 Å². The molecule has 4 fully saturated rings. The maximum absolute atomic E-state index is 6.09. The molecule has 536 valence electrons. The van der Waals surface area contributed by atoms with Gasteiger partial charge in [-0.1, -0.05) is 222 Å². The fraction of sp³-hybridized carbons (Fsp3) is 0.533. The van der Waals surface area contributed by atoms with E-state index in [-0.39, 0.29) is 37.3 Å². The van der Waals surface area contributed by atoms with Crippen molar-refractivity contribution < 1.29 is 39.8 Å². The van der Waals surface area contributed by atoms with Gasteiger partial charge in [0, 0.05) is 11.1 Å². The molecule has 6 aromatic rings. The van der Waals surface area contributed by atoms with Crippen LogP contribution in [-0.4, -0.2) is 38.6 Å². The van der Waals surface area contributed by atoms with Crippen LogP contribution in [0.3, 0.4) is 0 Å². The summed E-state index contributed by atoms with van der Waals surface area (Å²) in [6.07, 6.45) is 16.4. The molecule has 0 saturated heterocycles. The van der Waals surface area contributed by atoms with Gasteiger partial charge in [0.1, 0.15) is 0 Å². The van der Waals surface area contributed by atoms with E-state index in [2.05, 4.69) is 283 Å². The Kier molecular flexibility index (Phi) is 27.3. The van der Waals surface area contributed by atoms with Gasteiger partial charge in [-0.2, -0.15) is 0 Å². The molecule has 6 aliphatic carbocycles. The van der Waals surface area contributed by atoms with Crippen molar-refractivity contribution in [3.05, 3.63) is 215 Å². The van der Waals surface area contributed by atoms with Crippen molar-refractivity contribution in [1.29, 1.82) is 0 Å². The summed E-state index contributed by atoms with van der Waals surface area (Å²) in [5.41, 5.74) is 24.7. The Hall–Kier alpha value is -3.46. The van der Waals surface area contributed by atoms with Crippen molar-refractivity contribution in [3.8, 4) is 22.3 Å². The first kappa shape index (κ1) is 81.2. The van der Waals surface area contributed by atoms with Gasteiger partial charge in [0.2, 0.25) is 0 Å². The van der Waals surface area contributed by atoms with Crippen LogP contribution >= 0.6 is 17.0 Å². The molecule has 0 amide bonds. The van der Waals surface area contributed by atoms with E-state index in [0.717, 1.165) is 58.4 Å². The van der Waals surface area contributed by atoms with Crippen molar-refractivity contribution in [1.82, 2.24) is 0 Å². The Labute approximate surface area is 624 Å². The SMILES string of the molecule is CC1=Cc2c(-c3ccc(COC(C)(C)C)cc3)cccc2C1[Si](C)(C)C1C(C)=Cc2c(-c3ccc(COC(C)(C)C)cc3)cccc21.CC1CC2C(c3ccc(COC(C)(C)C)cc3)CCCC2C1[Si](C)(C)C1C(C)CC2C(c3ccc(COC(C)(C)C)cc3)CCCC21.[CH3-].[CH3-].[Cl][Zr+2][Cl]. The van der Waals surface area contributed by atoms with Crippen molar-refractivity contribution in [2.45, 2.75) is 271 Å². The number of benzene rings is 6. The number of hydrogen-bond acceptors (Lipinski definition) is 4. The van der Waals surface area contributed by atoms with E-state index in [4.69, 9.17) is 36.0 Å². The van der Waals surface area contributed by atoms with E-state index < -0.39 is 37.0 Å². The third kappa shape index (κ3) is 19.4. The summed E-state index contributed by atoms with van der Waals surface area (Å²) in [7, 11) is 6.36. The number of ether oxygens (including phenoxy) is 4. The van der Waals surface area contributed by atoms with Crippen LogP contribution in [0.25, 0.3) is 34.4 Å². The van der Waals surface area contributed by atoms with Crippen molar-refractivity contribution in [2.75, 3.05) is 0 Å². The average Bonchev–Trinajstić information content (AvgIpc) is 1.59. The second-order valence-electron chi connectivity index (χ2n) is 35.7. The van der Waals surface area contributed by atoms with Crippen molar-refractivity contribution in [3.63, 3.8) is 0 Å². The molecule has 0 spiro atoms. The minimum atomic E-state index is -1.96. The molecule has 12 atom stereocenters. The Balaban J connectivity index is 0.000000238. The molecule has 0 aliphatic heterocycles. The van der Waals surface area contributed by atoms with Gasteiger partial charge in [0.05, 0.1) is 65.0 Å². The van der Waals surface area contributed by atoms with Crippen LogP contribution in [0.2, 0.25) is 37.3 Å². The third-order valence-electron chi connectivity index (χ3n) is 23.5. The number of halogens is 2. The van der Waals surface area contributed by atoms with Crippen molar-refractivity contribution in [2.24, 2.45) is 35.5 Å². The van der Waals surface area contributed by atoms with Gasteiger partial charge in [0.25, 0.3) is 0 Å². The first-order valence-corrected chi connectivity index (χ1v) is 49.8. The molecule has 0 bridgehead atoms. The van der Waals surface area contributed by atoms with Gasteiger partial charge in [-0.25, -0.2) is 0 Å². The molecular formula is C90H126Cl2O4Si2Zr. The van der Waals surface area contributed by atoms with Gasteiger partial charge in [-0.3, -0.25) is 0 Å². The predicted octanol–water partition coefficient (Wildman–Crippen LogP) is 27.0. The zero-order chi connectivity index (χ0) is 70.2. The average molecular weight is 1490 g/mol. The molecule has 6 aliphatic rings. The maximum atomic E-state index is 6.09. The summed E-state index contributed by atoms with van der Waals surface area (Å²) in [5.74, 6) is 6.85. The van der Waals surface area contributed by atoms with Gasteiger partial charge >= 0.3 is 37.9 Å². The molecule has 4 saturated carbocycles. The van der Waals surface area contributed by atoms with Gasteiger partial charge in [0.15, 0.2) is 0 Å². The fourth-order valence-electron chi connectivity index (χ4n) is 20.0. The van der Waals surface area contributed by atoms with E-state index >= 15 is 0 Å². The summed E-state index contributed by atoms with van der Waals surface area (Å²) in [6, 6.07) is 51.1. The number of hydrogen-bond donors (Lipinski definition) is 0. The number of fused-ring (bicyclic) bond motifs is 4. The second kappa shape index (κ2) is 33.3. The van der Waals surface area contributed by atoms with Crippen LogP contribution in [0.5, 0.6) is 0 Å². The Morgan fingerprint density at radius 1 is 0.404 bits per heavy atom. The van der Waals surface area contributed by atoms with Crippen LogP contribution in [0.15, 0.2) is 145 Å². The monoisotopic (exact) mass is 1490 g/mol. The summed E-state index contributed by atoms with van der Waals surface area (Å²) in [5, 5.41) is 0. The normalized spacial score (nSPS) is 25.0. The van der Waals surface area contributed by atoms with Gasteiger partial charge in [-0.05, 0) is 259 Å². The summed E-state index contributed by atoms with van der Waals surface area (Å²) < 4.78 is 24.2. The van der Waals surface area contributed by atoms with Crippen LogP contribution in [0.1, 0.15) is 241 Å². The Morgan fingerprint density at radius 3 is 0.990 bits per heavy atom. The summed E-state index contributed by atoms with van der Waals surface area (Å²) in [4.78, 5) is 0. The molecule has 0 N–H and O–H groups in total. The molecule has 6 aromatic carbocycles. The summed E-state index contributed by atoms with van der Waals surface area (Å²) in [6.45, 7) is 49.3. The van der Waals surface area contributed by atoms with Crippen LogP contribution in [0.4, 0.5) is 0 Å². The van der Waals surface area contributed by atoms with Gasteiger partial charge < -0.3 is 33.8 Å². The minimum absolute atomic E-state index is 0. The molecular weight excluding hydrogens is 1360 g/mol. The standard InChI is InChI=1S/C44H68O2Si.C44H52O2Si.2CH3.2ClH.Zr/c2*1-29-25-39-35(33-21-17-31(18-22-33)27-45-43(3,4)5)13-11-15-37(39)41(29)47(9,10)42-30(2)26-40-36(14-12-16-38(40)42)34-23-19-32(20-24-34)28-46-44(6,7)8;;;;;/h17-24,29-30,35-42H,11-16,25-28H2,1-10H3;11-26,41-42H,27-28H2,1-10H3;2*1H3;2*1H;/q;;2*-1;;;+4/p-2. The quantitative estimate of drug-likeness (QED) is 0.0715. The zero-order valence-corrected chi connectivity index (χ0v) is 71.1. The molecule has 12 unspecified atom stereocenters.